The fourth-order valence-electron chi connectivity index (χ4n) is 2.67. The topological polar surface area (TPSA) is 68.2 Å². The maximum atomic E-state index is 14.6. The van der Waals surface area contributed by atoms with E-state index in [4.69, 9.17) is 19.2 Å². The average Bonchev–Trinajstić information content (AvgIpc) is 3.05. The van der Waals surface area contributed by atoms with Crippen LogP contribution in [-0.4, -0.2) is 48.8 Å². The second-order valence-corrected chi connectivity index (χ2v) is 7.09. The molecule has 144 valence electrons. The van der Waals surface area contributed by atoms with Gasteiger partial charge in [-0.15, -0.1) is 0 Å². The molecule has 3 rings (SSSR count). The van der Waals surface area contributed by atoms with E-state index in [-0.39, 0.29) is 18.6 Å². The molecule has 6 nitrogen and oxygen atoms in total. The largest absolute Gasteiger partial charge is 0.497 e. The Kier molecular flexibility index (Phi) is 6.00. The minimum atomic E-state index is -0.806. The Morgan fingerprint density at radius 1 is 1.23 bits per heavy atom. The normalized spacial score (nSPS) is 23.5. The van der Waals surface area contributed by atoms with Gasteiger partial charge in [0, 0.05) is 5.46 Å². The molecule has 1 aromatic rings. The van der Waals surface area contributed by atoms with Crippen molar-refractivity contribution in [2.24, 2.45) is 0 Å². The quantitative estimate of drug-likeness (QED) is 0.832. The molecule has 0 radical (unpaired) electrons. The molecular weight excluding hydrogens is 340 g/mol. The Bertz CT molecular complexity index is 651. The molecule has 0 bridgehead atoms. The molecule has 0 aromatic heterocycles. The Morgan fingerprint density at radius 3 is 2.27 bits per heavy atom. The lowest BCUT2D eigenvalue weighted by Gasteiger charge is -2.32. The van der Waals surface area contributed by atoms with E-state index >= 15 is 0 Å². The third-order valence-corrected chi connectivity index (χ3v) is 4.88. The van der Waals surface area contributed by atoms with Crippen LogP contribution in [0.3, 0.4) is 0 Å². The first-order valence-electron chi connectivity index (χ1n) is 8.89. The predicted molar refractivity (Wildman–Crippen MR) is 98.2 cm³/mol. The molecule has 2 saturated heterocycles. The van der Waals surface area contributed by atoms with Crippen LogP contribution < -0.4 is 10.4 Å². The monoisotopic (exact) mass is 367 g/mol. The molecule has 26 heavy (non-hydrogen) atoms. The van der Waals surface area contributed by atoms with Crippen molar-refractivity contribution in [3.05, 3.63) is 24.0 Å². The molecular formula is C18H27BFNO5. The van der Waals surface area contributed by atoms with E-state index in [2.05, 4.69) is 0 Å². The molecule has 0 saturated carbocycles. The van der Waals surface area contributed by atoms with Crippen molar-refractivity contribution in [2.45, 2.75) is 58.8 Å². The summed E-state index contributed by atoms with van der Waals surface area (Å²) in [5, 5.41) is 9.08. The van der Waals surface area contributed by atoms with Crippen LogP contribution in [0.2, 0.25) is 0 Å². The maximum absolute atomic E-state index is 14.6. The smallest absolute Gasteiger partial charge is 0.441 e. The Hall–Kier alpha value is -1.64. The van der Waals surface area contributed by atoms with Gasteiger partial charge >= 0.3 is 13.2 Å². The van der Waals surface area contributed by atoms with Gasteiger partial charge in [-0.3, -0.25) is 4.90 Å². The van der Waals surface area contributed by atoms with Gasteiger partial charge in [-0.25, -0.2) is 9.18 Å². The van der Waals surface area contributed by atoms with Crippen molar-refractivity contribution in [3.8, 4) is 0 Å². The number of aliphatic hydroxyl groups is 1. The summed E-state index contributed by atoms with van der Waals surface area (Å²) >= 11 is 0. The third kappa shape index (κ3) is 3.72. The van der Waals surface area contributed by atoms with Crippen molar-refractivity contribution in [1.82, 2.24) is 0 Å². The zero-order valence-corrected chi connectivity index (χ0v) is 16.2. The fourth-order valence-corrected chi connectivity index (χ4v) is 2.67. The predicted octanol–water partition coefficient (Wildman–Crippen LogP) is 2.47. The molecule has 1 aromatic carbocycles. The first-order chi connectivity index (χ1) is 12.1. The molecule has 8 heteroatoms. The van der Waals surface area contributed by atoms with E-state index in [1.807, 2.05) is 41.5 Å². The van der Waals surface area contributed by atoms with Gasteiger partial charge in [0.2, 0.25) is 0 Å². The molecule has 2 aliphatic heterocycles. The summed E-state index contributed by atoms with van der Waals surface area (Å²) in [4.78, 5) is 13.1. The minimum Gasteiger partial charge on any atom is -0.441 e. The van der Waals surface area contributed by atoms with Gasteiger partial charge in [-0.1, -0.05) is 19.9 Å². The van der Waals surface area contributed by atoms with Gasteiger partial charge in [0.05, 0.1) is 30.0 Å². The SMILES string of the molecule is CC.CC1(C)OB(c2ccc(N3CC(CO)OC3=O)cc2F)OC1(C)C. The summed E-state index contributed by atoms with van der Waals surface area (Å²) in [5.41, 5.74) is -0.469. The van der Waals surface area contributed by atoms with Crippen LogP contribution in [-0.2, 0) is 14.0 Å². The summed E-state index contributed by atoms with van der Waals surface area (Å²) < 4.78 is 31.2. The van der Waals surface area contributed by atoms with Crippen molar-refractivity contribution >= 4 is 24.4 Å². The lowest BCUT2D eigenvalue weighted by atomic mass is 9.78. The van der Waals surface area contributed by atoms with Crippen LogP contribution in [0.25, 0.3) is 0 Å². The summed E-state index contributed by atoms with van der Waals surface area (Å²) in [5.74, 6) is -0.522. The fraction of sp³-hybridized carbons (Fsp3) is 0.611. The summed E-state index contributed by atoms with van der Waals surface area (Å²) in [6.45, 7) is 11.5. The first kappa shape index (κ1) is 20.7. The molecule has 1 N–H and O–H groups in total. The summed E-state index contributed by atoms with van der Waals surface area (Å²) in [6, 6.07) is 4.41. The number of hydrogen-bond donors (Lipinski definition) is 1. The van der Waals surface area contributed by atoms with Gasteiger partial charge < -0.3 is 19.2 Å². The second-order valence-electron chi connectivity index (χ2n) is 7.09. The number of nitrogens with zero attached hydrogens (tertiary/aromatic N) is 1. The average molecular weight is 367 g/mol. The van der Waals surface area contributed by atoms with Crippen LogP contribution in [0.1, 0.15) is 41.5 Å². The molecule has 1 amide bonds. The number of carbonyl (C=O) groups excluding carboxylic acids is 1. The molecule has 2 fully saturated rings. The maximum Gasteiger partial charge on any atom is 0.497 e. The van der Waals surface area contributed by atoms with Crippen LogP contribution in [0, 0.1) is 5.82 Å². The minimum absolute atomic E-state index is 0.185. The Morgan fingerprint density at radius 2 is 1.81 bits per heavy atom. The van der Waals surface area contributed by atoms with Gasteiger partial charge in [-0.2, -0.15) is 0 Å². The number of hydrogen-bond acceptors (Lipinski definition) is 5. The zero-order chi connectivity index (χ0) is 19.7. The Balaban J connectivity index is 0.00000117. The summed E-state index contributed by atoms with van der Waals surface area (Å²) in [7, 11) is -0.806. The van der Waals surface area contributed by atoms with Gasteiger partial charge in [0.1, 0.15) is 11.9 Å². The van der Waals surface area contributed by atoms with Crippen molar-refractivity contribution < 1.29 is 28.3 Å². The zero-order valence-electron chi connectivity index (χ0n) is 16.2. The molecule has 1 unspecified atom stereocenters. The number of anilines is 1. The highest BCUT2D eigenvalue weighted by molar-refractivity contribution is 6.62. The third-order valence-electron chi connectivity index (χ3n) is 4.88. The lowest BCUT2D eigenvalue weighted by molar-refractivity contribution is 0.00578. The number of ether oxygens (including phenoxy) is 1. The van der Waals surface area contributed by atoms with Crippen molar-refractivity contribution in [3.63, 3.8) is 0 Å². The van der Waals surface area contributed by atoms with Crippen molar-refractivity contribution in [1.29, 1.82) is 0 Å². The van der Waals surface area contributed by atoms with E-state index < -0.39 is 36.3 Å². The highest BCUT2D eigenvalue weighted by atomic mass is 19.1. The van der Waals surface area contributed by atoms with Gasteiger partial charge in [0.15, 0.2) is 0 Å². The van der Waals surface area contributed by atoms with E-state index in [1.165, 1.54) is 11.0 Å². The van der Waals surface area contributed by atoms with Crippen LogP contribution in [0.15, 0.2) is 18.2 Å². The lowest BCUT2D eigenvalue weighted by Crippen LogP contribution is -2.41. The van der Waals surface area contributed by atoms with Crippen LogP contribution in [0.5, 0.6) is 0 Å². The molecule has 2 aliphatic rings. The standard InChI is InChI=1S/C16H21BFNO5.C2H6/c1-15(2)16(3,4)24-17(23-15)12-6-5-10(7-13(12)18)19-8-11(9-20)22-14(19)21;1-2/h5-7,11,20H,8-9H2,1-4H3;1-2H3. The van der Waals surface area contributed by atoms with E-state index in [0.717, 1.165) is 0 Å². The van der Waals surface area contributed by atoms with Crippen molar-refractivity contribution in [2.75, 3.05) is 18.1 Å². The van der Waals surface area contributed by atoms with Gasteiger partial charge in [-0.05, 0) is 39.8 Å². The number of carbonyl (C=O) groups is 1. The summed E-state index contributed by atoms with van der Waals surface area (Å²) in [6.07, 6.45) is -1.19. The number of aliphatic hydroxyl groups excluding tert-OH is 1. The molecule has 0 aliphatic carbocycles. The van der Waals surface area contributed by atoms with E-state index in [9.17, 15) is 9.18 Å². The van der Waals surface area contributed by atoms with Crippen LogP contribution >= 0.6 is 0 Å². The molecule has 0 spiro atoms. The number of cyclic esters (lactones) is 1. The highest BCUT2D eigenvalue weighted by Crippen LogP contribution is 2.36. The van der Waals surface area contributed by atoms with E-state index in [0.29, 0.717) is 5.69 Å². The molecule has 2 heterocycles. The number of amides is 1. The Labute approximate surface area is 154 Å². The highest BCUT2D eigenvalue weighted by Gasteiger charge is 2.52. The first-order valence-corrected chi connectivity index (χ1v) is 8.89. The number of rotatable bonds is 3. The molecule has 1 atom stereocenters. The number of benzene rings is 1. The van der Waals surface area contributed by atoms with E-state index in [1.54, 1.807) is 12.1 Å². The van der Waals surface area contributed by atoms with Gasteiger partial charge in [0.25, 0.3) is 0 Å². The number of halogens is 1. The second kappa shape index (κ2) is 7.54. The van der Waals surface area contributed by atoms with Crippen LogP contribution in [0.4, 0.5) is 14.9 Å².